The van der Waals surface area contributed by atoms with E-state index in [0.29, 0.717) is 11.3 Å². The number of nitrogen functional groups attached to an aromatic ring is 1. The van der Waals surface area contributed by atoms with Crippen LogP contribution in [0.25, 0.3) is 5.69 Å². The lowest BCUT2D eigenvalue weighted by Gasteiger charge is -2.18. The molecule has 122 valence electrons. The summed E-state index contributed by atoms with van der Waals surface area (Å²) in [5.74, 6) is -0.613. The van der Waals surface area contributed by atoms with E-state index in [1.807, 2.05) is 0 Å². The molecule has 0 aliphatic carbocycles. The first kappa shape index (κ1) is 17.1. The molecular weight excluding hydrogens is 364 g/mol. The van der Waals surface area contributed by atoms with Crippen LogP contribution < -0.4 is 11.3 Å². The first-order chi connectivity index (χ1) is 10.8. The van der Waals surface area contributed by atoms with Gasteiger partial charge in [0.15, 0.2) is 0 Å². The van der Waals surface area contributed by atoms with Crippen molar-refractivity contribution in [3.8, 4) is 11.4 Å². The molecule has 1 heterocycles. The Balaban J connectivity index is 2.86. The van der Waals surface area contributed by atoms with Gasteiger partial charge in [0, 0.05) is 5.56 Å². The summed E-state index contributed by atoms with van der Waals surface area (Å²) in [4.78, 5) is 24.6. The molecule has 2 aromatic rings. The van der Waals surface area contributed by atoms with Gasteiger partial charge in [-0.25, -0.2) is 4.79 Å². The van der Waals surface area contributed by atoms with Crippen molar-refractivity contribution in [1.82, 2.24) is 4.57 Å². The highest BCUT2D eigenvalue weighted by Crippen LogP contribution is 2.29. The molecule has 1 aromatic carbocycles. The Bertz CT molecular complexity index is 843. The van der Waals surface area contributed by atoms with Gasteiger partial charge < -0.3 is 15.6 Å². The van der Waals surface area contributed by atoms with E-state index in [2.05, 4.69) is 15.9 Å². The molecule has 3 N–H and O–H groups in total. The maximum Gasteiger partial charge on any atom is 0.341 e. The molecule has 0 fully saturated rings. The molecule has 0 atom stereocenters. The minimum absolute atomic E-state index is 0.0338. The molecule has 0 radical (unpaired) electrons. The number of nitrogens with two attached hydrogens (primary N) is 1. The summed E-state index contributed by atoms with van der Waals surface area (Å²) in [6, 6.07) is 4.56. The van der Waals surface area contributed by atoms with Crippen LogP contribution in [0.15, 0.2) is 27.5 Å². The van der Waals surface area contributed by atoms with Crippen molar-refractivity contribution in [2.24, 2.45) is 0 Å². The van der Waals surface area contributed by atoms with Gasteiger partial charge in [-0.2, -0.15) is 0 Å². The van der Waals surface area contributed by atoms with Crippen LogP contribution in [0.4, 0.5) is 5.82 Å². The summed E-state index contributed by atoms with van der Waals surface area (Å²) < 4.78 is 6.36. The van der Waals surface area contributed by atoms with Gasteiger partial charge in [-0.1, -0.05) is 6.07 Å². The van der Waals surface area contributed by atoms with Crippen molar-refractivity contribution in [3.05, 3.63) is 49.7 Å². The summed E-state index contributed by atoms with van der Waals surface area (Å²) in [7, 11) is 0. The molecule has 0 saturated carbocycles. The number of aromatic hydroxyl groups is 1. The molecule has 0 spiro atoms. The van der Waals surface area contributed by atoms with Crippen LogP contribution in [-0.2, 0) is 4.74 Å². The van der Waals surface area contributed by atoms with E-state index >= 15 is 0 Å². The summed E-state index contributed by atoms with van der Waals surface area (Å²) >= 11 is 3.16. The van der Waals surface area contributed by atoms with E-state index in [0.717, 1.165) is 5.56 Å². The molecule has 23 heavy (non-hydrogen) atoms. The topological polar surface area (TPSA) is 94.5 Å². The monoisotopic (exact) mass is 380 g/mol. The predicted octanol–water partition coefficient (Wildman–Crippen LogP) is 2.68. The van der Waals surface area contributed by atoms with Gasteiger partial charge in [0.1, 0.15) is 17.1 Å². The van der Waals surface area contributed by atoms with Crippen LogP contribution >= 0.6 is 15.9 Å². The number of carbonyl (C=O) groups excluding carboxylic acids is 1. The van der Waals surface area contributed by atoms with Crippen molar-refractivity contribution in [2.75, 3.05) is 12.3 Å². The Labute approximate surface area is 141 Å². The van der Waals surface area contributed by atoms with Crippen LogP contribution in [0.1, 0.15) is 28.4 Å². The summed E-state index contributed by atoms with van der Waals surface area (Å²) in [5, 5.41) is 9.94. The van der Waals surface area contributed by atoms with E-state index in [1.54, 1.807) is 32.9 Å². The number of nitrogens with zero attached hydrogens (tertiary/aromatic N) is 1. The number of rotatable bonds is 3. The normalized spacial score (nSPS) is 10.6. The maximum absolute atomic E-state index is 12.5. The molecular formula is C16H17BrN2O4. The van der Waals surface area contributed by atoms with Crippen molar-refractivity contribution in [2.45, 2.75) is 20.8 Å². The van der Waals surface area contributed by atoms with Crippen molar-refractivity contribution >= 4 is 27.7 Å². The van der Waals surface area contributed by atoms with Crippen LogP contribution in [0, 0.1) is 13.8 Å². The van der Waals surface area contributed by atoms with Crippen molar-refractivity contribution < 1.29 is 14.6 Å². The highest BCUT2D eigenvalue weighted by molar-refractivity contribution is 9.10. The Kier molecular flexibility index (Phi) is 4.79. The number of hydrogen-bond acceptors (Lipinski definition) is 5. The highest BCUT2D eigenvalue weighted by atomic mass is 79.9. The molecule has 0 bridgehead atoms. The summed E-state index contributed by atoms with van der Waals surface area (Å²) in [6.45, 7) is 5.34. The fourth-order valence-electron chi connectivity index (χ4n) is 2.36. The van der Waals surface area contributed by atoms with Crippen molar-refractivity contribution in [3.63, 3.8) is 0 Å². The average molecular weight is 381 g/mol. The number of hydrogen-bond donors (Lipinski definition) is 2. The van der Waals surface area contributed by atoms with E-state index < -0.39 is 11.5 Å². The van der Waals surface area contributed by atoms with Crippen LogP contribution in [0.2, 0.25) is 0 Å². The predicted molar refractivity (Wildman–Crippen MR) is 91.2 cm³/mol. The molecule has 0 unspecified atom stereocenters. The lowest BCUT2D eigenvalue weighted by molar-refractivity contribution is 0.0527. The highest BCUT2D eigenvalue weighted by Gasteiger charge is 2.21. The number of halogens is 1. The van der Waals surface area contributed by atoms with Crippen LogP contribution in [0.3, 0.4) is 0 Å². The number of esters is 1. The first-order valence-electron chi connectivity index (χ1n) is 6.97. The largest absolute Gasteiger partial charge is 0.508 e. The first-order valence-corrected chi connectivity index (χ1v) is 7.76. The molecule has 7 heteroatoms. The maximum atomic E-state index is 12.5. The number of pyridine rings is 1. The van der Waals surface area contributed by atoms with Crippen molar-refractivity contribution in [1.29, 1.82) is 0 Å². The number of aromatic nitrogens is 1. The molecule has 6 nitrogen and oxygen atoms in total. The quantitative estimate of drug-likeness (QED) is 0.798. The van der Waals surface area contributed by atoms with E-state index in [9.17, 15) is 14.7 Å². The number of ether oxygens (including phenoxy) is 1. The van der Waals surface area contributed by atoms with Gasteiger partial charge in [0.25, 0.3) is 5.56 Å². The van der Waals surface area contributed by atoms with E-state index in [4.69, 9.17) is 10.5 Å². The number of phenolic OH excluding ortho intramolecular Hbond substituents is 1. The second kappa shape index (κ2) is 6.45. The molecule has 1 aromatic heterocycles. The number of benzene rings is 1. The third-order valence-corrected chi connectivity index (χ3v) is 4.09. The van der Waals surface area contributed by atoms with Crippen LogP contribution in [0.5, 0.6) is 5.75 Å². The van der Waals surface area contributed by atoms with Gasteiger partial charge in [-0.3, -0.25) is 9.36 Å². The smallest absolute Gasteiger partial charge is 0.341 e. The van der Waals surface area contributed by atoms with Gasteiger partial charge in [0.05, 0.1) is 16.8 Å². The lowest BCUT2D eigenvalue weighted by atomic mass is 10.1. The fraction of sp³-hybridized carbons (Fsp3) is 0.250. The second-order valence-corrected chi connectivity index (χ2v) is 5.88. The third kappa shape index (κ3) is 2.96. The average Bonchev–Trinajstić information content (AvgIpc) is 2.50. The number of phenols is 1. The SMILES string of the molecule is CCOC(=O)c1cc(Br)c(=O)n(-c2c(C)ccc(O)c2C)c1N. The Morgan fingerprint density at radius 1 is 1.39 bits per heavy atom. The molecule has 0 saturated heterocycles. The zero-order valence-corrected chi connectivity index (χ0v) is 14.6. The molecule has 0 amide bonds. The minimum atomic E-state index is -0.616. The molecule has 2 rings (SSSR count). The number of aryl methyl sites for hydroxylation is 1. The summed E-state index contributed by atoms with van der Waals surface area (Å²) in [6.07, 6.45) is 0. The summed E-state index contributed by atoms with van der Waals surface area (Å²) in [5.41, 5.74) is 7.40. The van der Waals surface area contributed by atoms with Gasteiger partial charge in [-0.05, 0) is 54.4 Å². The fourth-order valence-corrected chi connectivity index (χ4v) is 2.77. The Morgan fingerprint density at radius 2 is 2.04 bits per heavy atom. The third-order valence-electron chi connectivity index (χ3n) is 3.52. The second-order valence-electron chi connectivity index (χ2n) is 5.03. The van der Waals surface area contributed by atoms with Gasteiger partial charge >= 0.3 is 5.97 Å². The van der Waals surface area contributed by atoms with Gasteiger partial charge in [0.2, 0.25) is 0 Å². The molecule has 0 aliphatic heterocycles. The van der Waals surface area contributed by atoms with Crippen LogP contribution in [-0.4, -0.2) is 22.2 Å². The van der Waals surface area contributed by atoms with E-state index in [1.165, 1.54) is 10.6 Å². The minimum Gasteiger partial charge on any atom is -0.508 e. The van der Waals surface area contributed by atoms with Gasteiger partial charge in [-0.15, -0.1) is 0 Å². The zero-order chi connectivity index (χ0) is 17.3. The lowest BCUT2D eigenvalue weighted by Crippen LogP contribution is -2.26. The number of carbonyl (C=O) groups is 1. The number of anilines is 1. The van der Waals surface area contributed by atoms with E-state index in [-0.39, 0.29) is 28.2 Å². The Hall–Kier alpha value is -2.28. The Morgan fingerprint density at radius 3 is 2.65 bits per heavy atom. The standard InChI is InChI=1S/C16H17BrN2O4/c1-4-23-16(22)10-7-11(17)15(21)19(14(10)18)13-8(2)5-6-12(20)9(13)3/h5-7,20H,4,18H2,1-3H3. The molecule has 0 aliphatic rings. The zero-order valence-electron chi connectivity index (χ0n) is 13.0.